The molecule has 0 aliphatic rings. The van der Waals surface area contributed by atoms with Crippen LogP contribution in [0.3, 0.4) is 0 Å². The fourth-order valence-corrected chi connectivity index (χ4v) is 0.807. The van der Waals surface area contributed by atoms with Gasteiger partial charge in [-0.15, -0.1) is 0 Å². The maximum Gasteiger partial charge on any atom is 0.1000 e. The highest BCUT2D eigenvalue weighted by Gasteiger charge is 1.95. The van der Waals surface area contributed by atoms with Crippen LogP contribution in [-0.2, 0) is 0 Å². The van der Waals surface area contributed by atoms with Crippen molar-refractivity contribution in [2.45, 2.75) is 20.3 Å². The number of halogens is 1. The fourth-order valence-electron chi connectivity index (χ4n) is 0.556. The number of allylic oxidation sites excluding steroid dienone is 4. The molecule has 0 aliphatic carbocycles. The third-order valence-corrected chi connectivity index (χ3v) is 1.92. The quantitative estimate of drug-likeness (QED) is 0.496. The maximum absolute atomic E-state index is 8.57. The van der Waals surface area contributed by atoms with Crippen molar-refractivity contribution in [1.29, 1.82) is 5.26 Å². The van der Waals surface area contributed by atoms with Gasteiger partial charge in [-0.25, -0.2) is 0 Å². The Balaban J connectivity index is 4.41. The maximum atomic E-state index is 8.57. The first kappa shape index (κ1) is 9.45. The molecule has 0 saturated carbocycles. The molecule has 0 bridgehead atoms. The van der Waals surface area contributed by atoms with Crippen LogP contribution in [0.4, 0.5) is 0 Å². The lowest BCUT2D eigenvalue weighted by Crippen LogP contribution is -1.76. The molecule has 0 radical (unpaired) electrons. The van der Waals surface area contributed by atoms with Crippen molar-refractivity contribution in [1.82, 2.24) is 0 Å². The van der Waals surface area contributed by atoms with Crippen molar-refractivity contribution in [2.75, 3.05) is 0 Å². The second-order valence-electron chi connectivity index (χ2n) is 1.77. The van der Waals surface area contributed by atoms with Crippen LogP contribution in [-0.4, -0.2) is 0 Å². The Bertz CT molecular complexity index is 196. The Morgan fingerprint density at radius 3 is 2.60 bits per heavy atom. The predicted molar refractivity (Wildman–Crippen MR) is 46.7 cm³/mol. The lowest BCUT2D eigenvalue weighted by molar-refractivity contribution is 1.21. The van der Waals surface area contributed by atoms with Gasteiger partial charge >= 0.3 is 0 Å². The molecule has 0 saturated heterocycles. The van der Waals surface area contributed by atoms with E-state index in [-0.39, 0.29) is 0 Å². The van der Waals surface area contributed by atoms with E-state index in [1.54, 1.807) is 0 Å². The first-order valence-electron chi connectivity index (χ1n) is 3.18. The van der Waals surface area contributed by atoms with Crippen molar-refractivity contribution in [3.63, 3.8) is 0 Å². The smallest absolute Gasteiger partial charge is 0.1000 e. The van der Waals surface area contributed by atoms with Crippen LogP contribution >= 0.6 is 15.9 Å². The van der Waals surface area contributed by atoms with Crippen LogP contribution in [0.2, 0.25) is 0 Å². The minimum absolute atomic E-state index is 0.713. The summed E-state index contributed by atoms with van der Waals surface area (Å²) in [6.45, 7) is 3.90. The Hall–Kier alpha value is -0.550. The zero-order valence-electron chi connectivity index (χ0n) is 6.19. The summed E-state index contributed by atoms with van der Waals surface area (Å²) in [6.07, 6.45) is 4.65. The fraction of sp³-hybridized carbons (Fsp3) is 0.375. The topological polar surface area (TPSA) is 23.8 Å². The van der Waals surface area contributed by atoms with Crippen LogP contribution in [0, 0.1) is 11.3 Å². The van der Waals surface area contributed by atoms with Crippen molar-refractivity contribution in [3.8, 4) is 6.07 Å². The average Bonchev–Trinajstić information content (AvgIpc) is 1.99. The molecule has 0 aromatic rings. The third kappa shape index (κ3) is 2.84. The molecule has 0 N–H and O–H groups in total. The molecule has 0 rings (SSSR count). The van der Waals surface area contributed by atoms with E-state index in [1.807, 2.05) is 26.0 Å². The first-order valence-corrected chi connectivity index (χ1v) is 3.98. The van der Waals surface area contributed by atoms with Gasteiger partial charge in [0.05, 0.1) is 11.6 Å². The summed E-state index contributed by atoms with van der Waals surface area (Å²) in [5.74, 6) is 0. The lowest BCUT2D eigenvalue weighted by Gasteiger charge is -1.91. The van der Waals surface area contributed by atoms with E-state index in [4.69, 9.17) is 5.26 Å². The zero-order valence-corrected chi connectivity index (χ0v) is 7.77. The number of rotatable bonds is 2. The van der Waals surface area contributed by atoms with Gasteiger partial charge < -0.3 is 0 Å². The lowest BCUT2D eigenvalue weighted by atomic mass is 10.2. The second-order valence-corrected chi connectivity index (χ2v) is 2.63. The van der Waals surface area contributed by atoms with Gasteiger partial charge in [-0.05, 0) is 29.3 Å². The molecular weight excluding hydrogens is 190 g/mol. The molecule has 10 heavy (non-hydrogen) atoms. The Morgan fingerprint density at radius 1 is 1.70 bits per heavy atom. The number of nitrogens with zero attached hydrogens (tertiary/aromatic N) is 1. The van der Waals surface area contributed by atoms with Crippen LogP contribution in [0.5, 0.6) is 0 Å². The highest BCUT2D eigenvalue weighted by atomic mass is 79.9. The van der Waals surface area contributed by atoms with Gasteiger partial charge in [0, 0.05) is 4.48 Å². The summed E-state index contributed by atoms with van der Waals surface area (Å²) in [7, 11) is 0. The van der Waals surface area contributed by atoms with Crippen molar-refractivity contribution >= 4 is 15.9 Å². The Kier molecular flexibility index (Phi) is 4.96. The van der Waals surface area contributed by atoms with E-state index in [0.717, 1.165) is 10.9 Å². The highest BCUT2D eigenvalue weighted by Crippen LogP contribution is 2.15. The molecule has 54 valence electrons. The number of hydrogen-bond acceptors (Lipinski definition) is 1. The molecular formula is C8H10BrN. The zero-order chi connectivity index (χ0) is 7.98. The molecule has 1 nitrogen and oxygen atoms in total. The average molecular weight is 200 g/mol. The predicted octanol–water partition coefficient (Wildman–Crippen LogP) is 3.15. The summed E-state index contributed by atoms with van der Waals surface area (Å²) < 4.78 is 0.872. The van der Waals surface area contributed by atoms with Crippen LogP contribution in [0.1, 0.15) is 20.3 Å². The normalized spacial score (nSPS) is 13.0. The molecule has 0 atom stereocenters. The SMILES string of the molecule is C/C=C(Br)\C(C#N)=C/CC. The summed E-state index contributed by atoms with van der Waals surface area (Å²) in [6, 6.07) is 2.10. The van der Waals surface area contributed by atoms with Gasteiger partial charge in [0.25, 0.3) is 0 Å². The molecule has 0 aliphatic heterocycles. The summed E-state index contributed by atoms with van der Waals surface area (Å²) in [5.41, 5.74) is 0.713. The molecule has 0 aromatic heterocycles. The van der Waals surface area contributed by atoms with E-state index in [9.17, 15) is 0 Å². The molecule has 0 spiro atoms. The van der Waals surface area contributed by atoms with Crippen LogP contribution in [0.15, 0.2) is 22.2 Å². The largest absolute Gasteiger partial charge is 0.192 e. The van der Waals surface area contributed by atoms with Gasteiger partial charge in [-0.1, -0.05) is 19.1 Å². The Morgan fingerprint density at radius 2 is 2.30 bits per heavy atom. The van der Waals surface area contributed by atoms with E-state index in [1.165, 1.54) is 0 Å². The second kappa shape index (κ2) is 5.25. The van der Waals surface area contributed by atoms with Gasteiger partial charge in [0.1, 0.15) is 0 Å². The van der Waals surface area contributed by atoms with Crippen LogP contribution < -0.4 is 0 Å². The summed E-state index contributed by atoms with van der Waals surface area (Å²) >= 11 is 3.27. The standard InChI is InChI=1S/C8H10BrN/c1-3-5-7(6-10)8(9)4-2/h4-5H,3H2,1-2H3/b7-5-,8-4+. The third-order valence-electron chi connectivity index (χ3n) is 1.04. The highest BCUT2D eigenvalue weighted by molar-refractivity contribution is 9.12. The molecule has 0 aromatic carbocycles. The van der Waals surface area contributed by atoms with Crippen molar-refractivity contribution in [2.24, 2.45) is 0 Å². The van der Waals surface area contributed by atoms with Crippen molar-refractivity contribution < 1.29 is 0 Å². The number of nitriles is 1. The van der Waals surface area contributed by atoms with E-state index in [2.05, 4.69) is 22.0 Å². The molecule has 0 amide bonds. The molecule has 2 heteroatoms. The van der Waals surface area contributed by atoms with Gasteiger partial charge in [0.2, 0.25) is 0 Å². The summed E-state index contributed by atoms with van der Waals surface area (Å²) in [4.78, 5) is 0. The van der Waals surface area contributed by atoms with E-state index < -0.39 is 0 Å². The minimum Gasteiger partial charge on any atom is -0.192 e. The van der Waals surface area contributed by atoms with Gasteiger partial charge in [-0.2, -0.15) is 5.26 Å². The van der Waals surface area contributed by atoms with Gasteiger partial charge in [-0.3, -0.25) is 0 Å². The molecule has 0 heterocycles. The Labute approximate surface area is 70.2 Å². The monoisotopic (exact) mass is 199 g/mol. The first-order chi connectivity index (χ1) is 4.76. The van der Waals surface area contributed by atoms with Crippen molar-refractivity contribution in [3.05, 3.63) is 22.2 Å². The van der Waals surface area contributed by atoms with Gasteiger partial charge in [0.15, 0.2) is 0 Å². The van der Waals surface area contributed by atoms with Crippen LogP contribution in [0.25, 0.3) is 0 Å². The van der Waals surface area contributed by atoms with E-state index >= 15 is 0 Å². The minimum atomic E-state index is 0.713. The number of hydrogen-bond donors (Lipinski definition) is 0. The molecule has 0 unspecified atom stereocenters. The molecule has 0 fully saturated rings. The van der Waals surface area contributed by atoms with E-state index in [0.29, 0.717) is 5.57 Å². The summed E-state index contributed by atoms with van der Waals surface area (Å²) in [5, 5.41) is 8.57.